The summed E-state index contributed by atoms with van der Waals surface area (Å²) in [7, 11) is 0. The Bertz CT molecular complexity index is 1130. The molecule has 8 heteroatoms. The molecule has 1 saturated heterocycles. The zero-order valence-electron chi connectivity index (χ0n) is 19.3. The van der Waals surface area contributed by atoms with Crippen LogP contribution in [0.1, 0.15) is 16.7 Å². The van der Waals surface area contributed by atoms with Crippen molar-refractivity contribution >= 4 is 5.69 Å². The summed E-state index contributed by atoms with van der Waals surface area (Å²) in [6.07, 6.45) is -3.35. The topological polar surface area (TPSA) is 34.2 Å². The van der Waals surface area contributed by atoms with Crippen molar-refractivity contribution in [3.63, 3.8) is 0 Å². The van der Waals surface area contributed by atoms with Crippen molar-refractivity contribution in [2.75, 3.05) is 44.4 Å². The summed E-state index contributed by atoms with van der Waals surface area (Å²) in [5.74, 6) is 2.19. The summed E-state index contributed by atoms with van der Waals surface area (Å²) >= 11 is 0. The van der Waals surface area contributed by atoms with Gasteiger partial charge in [-0.1, -0.05) is 24.3 Å². The van der Waals surface area contributed by atoms with Gasteiger partial charge in [-0.25, -0.2) is 0 Å². The molecule has 0 amide bonds. The number of alkyl halides is 3. The summed E-state index contributed by atoms with van der Waals surface area (Å²) in [6.45, 7) is 5.07. The molecule has 0 aliphatic carbocycles. The van der Waals surface area contributed by atoms with Gasteiger partial charge in [0.1, 0.15) is 12.4 Å². The first-order chi connectivity index (χ1) is 16.9. The molecule has 1 fully saturated rings. The van der Waals surface area contributed by atoms with E-state index in [-0.39, 0.29) is 6.79 Å². The van der Waals surface area contributed by atoms with Gasteiger partial charge < -0.3 is 19.1 Å². The lowest BCUT2D eigenvalue weighted by molar-refractivity contribution is -0.137. The Kier molecular flexibility index (Phi) is 6.72. The van der Waals surface area contributed by atoms with E-state index in [1.54, 1.807) is 12.1 Å². The lowest BCUT2D eigenvalue weighted by atomic mass is 10.1. The van der Waals surface area contributed by atoms with E-state index in [0.717, 1.165) is 74.0 Å². The maximum absolute atomic E-state index is 12.8. The molecule has 5 rings (SSSR count). The van der Waals surface area contributed by atoms with Gasteiger partial charge in [0.2, 0.25) is 6.79 Å². The van der Waals surface area contributed by atoms with Crippen LogP contribution in [-0.2, 0) is 19.2 Å². The molecule has 35 heavy (non-hydrogen) atoms. The van der Waals surface area contributed by atoms with Gasteiger partial charge in [-0.05, 0) is 53.9 Å². The first-order valence-electron chi connectivity index (χ1n) is 11.7. The maximum atomic E-state index is 12.8. The maximum Gasteiger partial charge on any atom is 0.416 e. The van der Waals surface area contributed by atoms with Crippen LogP contribution in [0.3, 0.4) is 0 Å². The van der Waals surface area contributed by atoms with Gasteiger partial charge in [0.05, 0.1) is 5.56 Å². The first kappa shape index (κ1) is 23.4. The minimum Gasteiger partial charge on any atom is -0.489 e. The van der Waals surface area contributed by atoms with Gasteiger partial charge >= 0.3 is 6.18 Å². The smallest absolute Gasteiger partial charge is 0.416 e. The van der Waals surface area contributed by atoms with Crippen molar-refractivity contribution in [2.45, 2.75) is 19.2 Å². The van der Waals surface area contributed by atoms with Crippen LogP contribution < -0.4 is 19.1 Å². The number of ether oxygens (including phenoxy) is 3. The number of rotatable bonds is 7. The minimum atomic E-state index is -4.30. The zero-order chi connectivity index (χ0) is 24.3. The fourth-order valence-electron chi connectivity index (χ4n) is 4.31. The van der Waals surface area contributed by atoms with Gasteiger partial charge in [-0.3, -0.25) is 4.90 Å². The molecule has 3 aromatic rings. The van der Waals surface area contributed by atoms with Crippen LogP contribution in [0.25, 0.3) is 0 Å². The van der Waals surface area contributed by atoms with E-state index in [1.165, 1.54) is 5.56 Å². The number of nitrogens with zero attached hydrogens (tertiary/aromatic N) is 2. The second-order valence-corrected chi connectivity index (χ2v) is 8.74. The quantitative estimate of drug-likeness (QED) is 0.450. The summed E-state index contributed by atoms with van der Waals surface area (Å²) in [5.41, 5.74) is 2.60. The highest BCUT2D eigenvalue weighted by atomic mass is 19.4. The monoisotopic (exact) mass is 484 g/mol. The number of piperazine rings is 1. The van der Waals surface area contributed by atoms with E-state index in [2.05, 4.69) is 34.1 Å². The molecule has 0 unspecified atom stereocenters. The first-order valence-corrected chi connectivity index (χ1v) is 11.7. The van der Waals surface area contributed by atoms with Crippen molar-refractivity contribution in [1.29, 1.82) is 0 Å². The summed E-state index contributed by atoms with van der Waals surface area (Å²) in [6, 6.07) is 19.5. The van der Waals surface area contributed by atoms with E-state index in [9.17, 15) is 13.2 Å². The molecule has 0 atom stereocenters. The Balaban J connectivity index is 1.05. The molecule has 0 bridgehead atoms. The van der Waals surface area contributed by atoms with Gasteiger partial charge in [0.25, 0.3) is 0 Å². The van der Waals surface area contributed by atoms with E-state index < -0.39 is 11.7 Å². The van der Waals surface area contributed by atoms with Gasteiger partial charge in [0, 0.05) is 44.5 Å². The molecule has 2 heterocycles. The number of halogens is 3. The molecule has 0 saturated carbocycles. The third-order valence-electron chi connectivity index (χ3n) is 6.42. The standard InChI is InChI=1S/C27H27F3N2O3/c28-27(29,30)22-5-7-23(8-6-22)32-15-13-31(14-16-32)12-11-20-1-3-21(4-2-20)18-33-24-9-10-25-26(17-24)35-19-34-25/h1-10,17H,11-16,18-19H2. The van der Waals surface area contributed by atoms with Gasteiger partial charge in [0.15, 0.2) is 11.5 Å². The highest BCUT2D eigenvalue weighted by molar-refractivity contribution is 5.49. The number of anilines is 1. The van der Waals surface area contributed by atoms with Crippen molar-refractivity contribution in [1.82, 2.24) is 4.90 Å². The SMILES string of the molecule is FC(F)(F)c1ccc(N2CCN(CCc3ccc(COc4ccc5c(c4)OCO5)cc3)CC2)cc1. The van der Waals surface area contributed by atoms with Crippen LogP contribution in [0.5, 0.6) is 17.2 Å². The van der Waals surface area contributed by atoms with Crippen molar-refractivity contribution < 1.29 is 27.4 Å². The average Bonchev–Trinajstić information content (AvgIpc) is 3.35. The molecule has 2 aliphatic rings. The highest BCUT2D eigenvalue weighted by Gasteiger charge is 2.30. The van der Waals surface area contributed by atoms with Crippen LogP contribution in [0, 0.1) is 0 Å². The van der Waals surface area contributed by atoms with Crippen molar-refractivity contribution in [2.24, 2.45) is 0 Å². The fraction of sp³-hybridized carbons (Fsp3) is 0.333. The molecule has 0 radical (unpaired) electrons. The second kappa shape index (κ2) is 10.1. The molecule has 5 nitrogen and oxygen atoms in total. The third kappa shape index (κ3) is 5.82. The summed E-state index contributed by atoms with van der Waals surface area (Å²) in [5, 5.41) is 0. The fourth-order valence-corrected chi connectivity index (χ4v) is 4.31. The molecule has 0 N–H and O–H groups in total. The highest BCUT2D eigenvalue weighted by Crippen LogP contribution is 2.35. The van der Waals surface area contributed by atoms with Crippen molar-refractivity contribution in [3.8, 4) is 17.2 Å². The normalized spacial score (nSPS) is 15.9. The van der Waals surface area contributed by atoms with Gasteiger partial charge in [-0.15, -0.1) is 0 Å². The molecule has 0 spiro atoms. The molecule has 0 aromatic heterocycles. The Morgan fingerprint density at radius 1 is 0.771 bits per heavy atom. The number of fused-ring (bicyclic) bond motifs is 1. The molecule has 184 valence electrons. The third-order valence-corrected chi connectivity index (χ3v) is 6.42. The molecule has 2 aliphatic heterocycles. The lowest BCUT2D eigenvalue weighted by Gasteiger charge is -2.36. The predicted molar refractivity (Wildman–Crippen MR) is 127 cm³/mol. The zero-order valence-corrected chi connectivity index (χ0v) is 19.3. The summed E-state index contributed by atoms with van der Waals surface area (Å²) in [4.78, 5) is 4.54. The summed E-state index contributed by atoms with van der Waals surface area (Å²) < 4.78 is 54.9. The van der Waals surface area contributed by atoms with E-state index in [1.807, 2.05) is 18.2 Å². The lowest BCUT2D eigenvalue weighted by Crippen LogP contribution is -2.47. The Morgan fingerprint density at radius 3 is 2.17 bits per heavy atom. The predicted octanol–water partition coefficient (Wildman–Crippen LogP) is 5.38. The van der Waals surface area contributed by atoms with E-state index >= 15 is 0 Å². The van der Waals surface area contributed by atoms with Crippen LogP contribution >= 0.6 is 0 Å². The van der Waals surface area contributed by atoms with Crippen LogP contribution in [0.2, 0.25) is 0 Å². The number of hydrogen-bond acceptors (Lipinski definition) is 5. The number of benzene rings is 3. The largest absolute Gasteiger partial charge is 0.489 e. The minimum absolute atomic E-state index is 0.245. The molecule has 3 aromatic carbocycles. The molecular formula is C27H27F3N2O3. The number of hydrogen-bond donors (Lipinski definition) is 0. The average molecular weight is 485 g/mol. The Morgan fingerprint density at radius 2 is 1.46 bits per heavy atom. The Labute approximate surface area is 202 Å². The van der Waals surface area contributed by atoms with Crippen LogP contribution in [0.4, 0.5) is 18.9 Å². The van der Waals surface area contributed by atoms with E-state index in [4.69, 9.17) is 14.2 Å². The van der Waals surface area contributed by atoms with E-state index in [0.29, 0.717) is 12.4 Å². The van der Waals surface area contributed by atoms with Crippen LogP contribution in [0.15, 0.2) is 66.7 Å². The van der Waals surface area contributed by atoms with Crippen molar-refractivity contribution in [3.05, 3.63) is 83.4 Å². The second-order valence-electron chi connectivity index (χ2n) is 8.74. The van der Waals surface area contributed by atoms with Crippen LogP contribution in [-0.4, -0.2) is 44.4 Å². The Hall–Kier alpha value is -3.39. The molecular weight excluding hydrogens is 457 g/mol. The van der Waals surface area contributed by atoms with Gasteiger partial charge in [-0.2, -0.15) is 13.2 Å².